The van der Waals surface area contributed by atoms with Crippen LogP contribution in [0.5, 0.6) is 0 Å². The maximum Gasteiger partial charge on any atom is 0.275 e. The molecule has 1 atom stereocenters. The standard InChI is InChI=1S/C20H21N5O2/c26-18-10-9-16(13-7-8-13)23-25(18)12-14-4-3-11-24(14)20(27)19-15-5-1-2-6-17(15)21-22-19/h1-2,5-6,9-10,13-14H,3-4,7-8,11-12H2,(H,21,22). The quantitative estimate of drug-likeness (QED) is 0.771. The molecule has 7 heteroatoms. The second-order valence-electron chi connectivity index (χ2n) is 7.47. The van der Waals surface area contributed by atoms with Crippen LogP contribution in [0, 0.1) is 0 Å². The predicted molar refractivity (Wildman–Crippen MR) is 101 cm³/mol. The Morgan fingerprint density at radius 3 is 2.85 bits per heavy atom. The number of nitrogens with one attached hydrogen (secondary N) is 1. The monoisotopic (exact) mass is 363 g/mol. The molecule has 1 aliphatic heterocycles. The lowest BCUT2D eigenvalue weighted by atomic mass is 10.1. The van der Waals surface area contributed by atoms with Crippen LogP contribution in [0.4, 0.5) is 0 Å². The average Bonchev–Trinajstić information content (AvgIpc) is 3.28. The van der Waals surface area contributed by atoms with Gasteiger partial charge >= 0.3 is 0 Å². The molecule has 1 aromatic carbocycles. The smallest absolute Gasteiger partial charge is 0.275 e. The van der Waals surface area contributed by atoms with Crippen molar-refractivity contribution >= 4 is 16.8 Å². The molecule has 27 heavy (non-hydrogen) atoms. The van der Waals surface area contributed by atoms with E-state index < -0.39 is 0 Å². The summed E-state index contributed by atoms with van der Waals surface area (Å²) in [7, 11) is 0. The van der Waals surface area contributed by atoms with Crippen molar-refractivity contribution < 1.29 is 4.79 Å². The van der Waals surface area contributed by atoms with Gasteiger partial charge in [-0.25, -0.2) is 4.68 Å². The minimum absolute atomic E-state index is 0.0346. The van der Waals surface area contributed by atoms with Gasteiger partial charge < -0.3 is 4.90 Å². The second kappa shape index (κ2) is 6.33. The molecule has 2 aromatic heterocycles. The number of amides is 1. The Bertz CT molecular complexity index is 1070. The van der Waals surface area contributed by atoms with Crippen LogP contribution in [0.15, 0.2) is 41.2 Å². The fourth-order valence-electron chi connectivity index (χ4n) is 3.95. The Kier molecular flexibility index (Phi) is 3.81. The average molecular weight is 363 g/mol. The summed E-state index contributed by atoms with van der Waals surface area (Å²) in [6, 6.07) is 11.0. The molecule has 0 radical (unpaired) electrons. The minimum atomic E-state index is -0.107. The lowest BCUT2D eigenvalue weighted by Gasteiger charge is -2.24. The number of hydrogen-bond acceptors (Lipinski definition) is 4. The van der Waals surface area contributed by atoms with E-state index in [0.717, 1.165) is 42.3 Å². The van der Waals surface area contributed by atoms with E-state index in [9.17, 15) is 9.59 Å². The van der Waals surface area contributed by atoms with Crippen LogP contribution >= 0.6 is 0 Å². The molecule has 1 saturated carbocycles. The Morgan fingerprint density at radius 2 is 2.00 bits per heavy atom. The maximum atomic E-state index is 13.1. The summed E-state index contributed by atoms with van der Waals surface area (Å²) in [4.78, 5) is 27.2. The summed E-state index contributed by atoms with van der Waals surface area (Å²) < 4.78 is 1.53. The topological polar surface area (TPSA) is 83.9 Å². The van der Waals surface area contributed by atoms with Crippen LogP contribution in [0.3, 0.4) is 0 Å². The third-order valence-corrected chi connectivity index (χ3v) is 5.58. The van der Waals surface area contributed by atoms with Gasteiger partial charge in [-0.2, -0.15) is 10.2 Å². The zero-order valence-corrected chi connectivity index (χ0v) is 15.0. The number of carbonyl (C=O) groups is 1. The largest absolute Gasteiger partial charge is 0.332 e. The molecular weight excluding hydrogens is 342 g/mol. The van der Waals surface area contributed by atoms with Gasteiger partial charge in [0.1, 0.15) is 0 Å². The van der Waals surface area contributed by atoms with Gasteiger partial charge in [-0.15, -0.1) is 0 Å². The van der Waals surface area contributed by atoms with Crippen molar-refractivity contribution in [2.45, 2.75) is 44.2 Å². The highest BCUT2D eigenvalue weighted by Crippen LogP contribution is 2.38. The van der Waals surface area contributed by atoms with Gasteiger partial charge in [0.15, 0.2) is 5.69 Å². The van der Waals surface area contributed by atoms with Crippen LogP contribution in [0.1, 0.15) is 47.8 Å². The number of H-pyrrole nitrogens is 1. The molecule has 1 saturated heterocycles. The Morgan fingerprint density at radius 1 is 1.15 bits per heavy atom. The third kappa shape index (κ3) is 2.93. The SMILES string of the molecule is O=C(c1n[nH]c2ccccc12)N1CCCC1Cn1nc(C2CC2)ccc1=O. The lowest BCUT2D eigenvalue weighted by molar-refractivity contribution is 0.0716. The zero-order valence-electron chi connectivity index (χ0n) is 15.0. The second-order valence-corrected chi connectivity index (χ2v) is 7.47. The number of likely N-dealkylation sites (tertiary alicyclic amines) is 1. The molecule has 1 N–H and O–H groups in total. The molecule has 7 nitrogen and oxygen atoms in total. The molecular formula is C20H21N5O2. The van der Waals surface area contributed by atoms with Crippen LogP contribution in [0.2, 0.25) is 0 Å². The molecule has 2 fully saturated rings. The van der Waals surface area contributed by atoms with E-state index in [1.54, 1.807) is 6.07 Å². The highest BCUT2D eigenvalue weighted by Gasteiger charge is 2.32. The first kappa shape index (κ1) is 16.2. The van der Waals surface area contributed by atoms with Gasteiger partial charge in [-0.1, -0.05) is 18.2 Å². The van der Waals surface area contributed by atoms with Crippen LogP contribution < -0.4 is 5.56 Å². The number of rotatable bonds is 4. The van der Waals surface area contributed by atoms with Gasteiger partial charge in [-0.3, -0.25) is 14.7 Å². The molecule has 5 rings (SSSR count). The van der Waals surface area contributed by atoms with Crippen molar-refractivity contribution in [3.63, 3.8) is 0 Å². The maximum absolute atomic E-state index is 13.1. The van der Waals surface area contributed by atoms with Gasteiger partial charge in [0.2, 0.25) is 0 Å². The third-order valence-electron chi connectivity index (χ3n) is 5.58. The number of fused-ring (bicyclic) bond motifs is 1. The van der Waals surface area contributed by atoms with E-state index in [1.165, 1.54) is 4.68 Å². The summed E-state index contributed by atoms with van der Waals surface area (Å²) in [6.45, 7) is 1.12. The number of nitrogens with zero attached hydrogens (tertiary/aromatic N) is 4. The Labute approximate surface area is 156 Å². The fraction of sp³-hybridized carbons (Fsp3) is 0.400. The molecule has 1 unspecified atom stereocenters. The van der Waals surface area contributed by atoms with Crippen molar-refractivity contribution in [1.29, 1.82) is 0 Å². The van der Waals surface area contributed by atoms with Crippen LogP contribution in [0.25, 0.3) is 10.9 Å². The van der Waals surface area contributed by atoms with Gasteiger partial charge in [0.05, 0.1) is 23.8 Å². The first-order valence-corrected chi connectivity index (χ1v) is 9.53. The van der Waals surface area contributed by atoms with Crippen LogP contribution in [-0.4, -0.2) is 43.4 Å². The molecule has 1 amide bonds. The normalized spacial score (nSPS) is 19.7. The lowest BCUT2D eigenvalue weighted by Crippen LogP contribution is -2.40. The van der Waals surface area contributed by atoms with E-state index in [2.05, 4.69) is 15.3 Å². The number of aromatic amines is 1. The van der Waals surface area contributed by atoms with Crippen molar-refractivity contribution in [3.05, 3.63) is 58.1 Å². The molecule has 0 bridgehead atoms. The zero-order chi connectivity index (χ0) is 18.4. The van der Waals surface area contributed by atoms with E-state index in [1.807, 2.05) is 35.2 Å². The summed E-state index contributed by atoms with van der Waals surface area (Å²) >= 11 is 0. The highest BCUT2D eigenvalue weighted by atomic mass is 16.2. The number of benzene rings is 1. The molecule has 138 valence electrons. The summed E-state index contributed by atoms with van der Waals surface area (Å²) in [6.07, 6.45) is 4.09. The van der Waals surface area contributed by atoms with E-state index in [0.29, 0.717) is 24.7 Å². The molecule has 0 spiro atoms. The number of aromatic nitrogens is 4. The molecule has 3 aromatic rings. The number of para-hydroxylation sites is 1. The van der Waals surface area contributed by atoms with Gasteiger partial charge in [0, 0.05) is 23.9 Å². The van der Waals surface area contributed by atoms with E-state index in [-0.39, 0.29) is 17.5 Å². The van der Waals surface area contributed by atoms with Gasteiger partial charge in [0.25, 0.3) is 11.5 Å². The Hall–Kier alpha value is -2.96. The van der Waals surface area contributed by atoms with Crippen molar-refractivity contribution in [1.82, 2.24) is 24.9 Å². The first-order chi connectivity index (χ1) is 13.2. The molecule has 3 heterocycles. The Balaban J connectivity index is 1.41. The molecule has 1 aliphatic carbocycles. The molecule has 2 aliphatic rings. The van der Waals surface area contributed by atoms with Crippen molar-refractivity contribution in [3.8, 4) is 0 Å². The predicted octanol–water partition coefficient (Wildman–Crippen LogP) is 2.30. The summed E-state index contributed by atoms with van der Waals surface area (Å²) in [5, 5.41) is 12.6. The number of carbonyl (C=O) groups excluding carboxylic acids is 1. The van der Waals surface area contributed by atoms with E-state index >= 15 is 0 Å². The summed E-state index contributed by atoms with van der Waals surface area (Å²) in [5.74, 6) is 0.412. The van der Waals surface area contributed by atoms with Crippen molar-refractivity contribution in [2.24, 2.45) is 0 Å². The van der Waals surface area contributed by atoms with Gasteiger partial charge in [-0.05, 0) is 37.8 Å². The number of hydrogen-bond donors (Lipinski definition) is 1. The highest BCUT2D eigenvalue weighted by molar-refractivity contribution is 6.04. The summed E-state index contributed by atoms with van der Waals surface area (Å²) in [5.41, 5.74) is 2.18. The van der Waals surface area contributed by atoms with Crippen LogP contribution in [-0.2, 0) is 6.54 Å². The van der Waals surface area contributed by atoms with Crippen molar-refractivity contribution in [2.75, 3.05) is 6.54 Å². The first-order valence-electron chi connectivity index (χ1n) is 9.53. The minimum Gasteiger partial charge on any atom is -0.332 e. The van der Waals surface area contributed by atoms with E-state index in [4.69, 9.17) is 0 Å². The fourth-order valence-corrected chi connectivity index (χ4v) is 3.95.